The lowest BCUT2D eigenvalue weighted by Crippen LogP contribution is -2.36. The van der Waals surface area contributed by atoms with Crippen molar-refractivity contribution in [2.24, 2.45) is 4.99 Å². The lowest BCUT2D eigenvalue weighted by molar-refractivity contribution is -0.128. The standard InChI is InChI=1S/C19H24N4OS/c1-20-19(21-11-15-8-10-25-14-15)22-12-16-5-2-3-6-17(16)13-23-9-4-7-18(23)24/h2-3,5-6,8,10,14H,4,7,9,11-13H2,1H3,(H2,20,21,22). The summed E-state index contributed by atoms with van der Waals surface area (Å²) in [5.74, 6) is 1.04. The van der Waals surface area contributed by atoms with Gasteiger partial charge >= 0.3 is 0 Å². The molecule has 25 heavy (non-hydrogen) atoms. The van der Waals surface area contributed by atoms with E-state index in [1.807, 2.05) is 17.0 Å². The van der Waals surface area contributed by atoms with Crippen LogP contribution >= 0.6 is 11.3 Å². The van der Waals surface area contributed by atoms with E-state index in [2.05, 4.69) is 44.6 Å². The molecule has 0 spiro atoms. The number of rotatable bonds is 6. The number of nitrogens with zero attached hydrogens (tertiary/aromatic N) is 2. The molecule has 6 heteroatoms. The first-order chi connectivity index (χ1) is 12.3. The highest BCUT2D eigenvalue weighted by Gasteiger charge is 2.20. The zero-order chi connectivity index (χ0) is 17.5. The lowest BCUT2D eigenvalue weighted by atomic mass is 10.1. The number of benzene rings is 1. The minimum absolute atomic E-state index is 0.260. The molecule has 0 radical (unpaired) electrons. The van der Waals surface area contributed by atoms with Crippen LogP contribution in [0.1, 0.15) is 29.5 Å². The molecule has 1 aromatic heterocycles. The number of amides is 1. The Kier molecular flexibility index (Phi) is 6.06. The number of carbonyl (C=O) groups is 1. The lowest BCUT2D eigenvalue weighted by Gasteiger charge is -2.19. The Hall–Kier alpha value is -2.34. The smallest absolute Gasteiger partial charge is 0.222 e. The van der Waals surface area contributed by atoms with Crippen molar-refractivity contribution < 1.29 is 4.79 Å². The van der Waals surface area contributed by atoms with Gasteiger partial charge in [0.05, 0.1) is 0 Å². The van der Waals surface area contributed by atoms with E-state index in [1.54, 1.807) is 18.4 Å². The number of nitrogens with one attached hydrogen (secondary N) is 2. The molecule has 2 heterocycles. The van der Waals surface area contributed by atoms with Crippen molar-refractivity contribution in [1.29, 1.82) is 0 Å². The Morgan fingerprint density at radius 2 is 2.00 bits per heavy atom. The average molecular weight is 356 g/mol. The van der Waals surface area contributed by atoms with Crippen LogP contribution in [-0.4, -0.2) is 30.4 Å². The molecule has 1 aliphatic rings. The maximum Gasteiger partial charge on any atom is 0.222 e. The monoisotopic (exact) mass is 356 g/mol. The van der Waals surface area contributed by atoms with Gasteiger partial charge in [0.2, 0.25) is 5.91 Å². The summed E-state index contributed by atoms with van der Waals surface area (Å²) >= 11 is 1.69. The van der Waals surface area contributed by atoms with Crippen molar-refractivity contribution in [1.82, 2.24) is 15.5 Å². The fourth-order valence-electron chi connectivity index (χ4n) is 2.94. The van der Waals surface area contributed by atoms with Gasteiger partial charge in [0.25, 0.3) is 0 Å². The van der Waals surface area contributed by atoms with E-state index in [0.717, 1.165) is 25.5 Å². The summed E-state index contributed by atoms with van der Waals surface area (Å²) in [5, 5.41) is 10.9. The SMILES string of the molecule is CN=C(NCc1ccsc1)NCc1ccccc1CN1CCCC1=O. The molecule has 1 aromatic carbocycles. The molecule has 2 aromatic rings. The van der Waals surface area contributed by atoms with Crippen LogP contribution in [0.15, 0.2) is 46.1 Å². The van der Waals surface area contributed by atoms with Gasteiger partial charge in [-0.15, -0.1) is 0 Å². The molecule has 1 saturated heterocycles. The molecule has 0 saturated carbocycles. The number of aliphatic imine (C=N–C) groups is 1. The number of guanidine groups is 1. The Morgan fingerprint density at radius 3 is 2.68 bits per heavy atom. The van der Waals surface area contributed by atoms with Gasteiger partial charge in [-0.1, -0.05) is 24.3 Å². The molecular formula is C19H24N4OS. The molecule has 1 fully saturated rings. The van der Waals surface area contributed by atoms with Crippen LogP contribution in [0, 0.1) is 0 Å². The van der Waals surface area contributed by atoms with E-state index in [-0.39, 0.29) is 5.91 Å². The van der Waals surface area contributed by atoms with Crippen LogP contribution in [-0.2, 0) is 24.4 Å². The number of hydrogen-bond donors (Lipinski definition) is 2. The molecule has 2 N–H and O–H groups in total. The summed E-state index contributed by atoms with van der Waals surface area (Å²) in [5.41, 5.74) is 3.64. The third-order valence-electron chi connectivity index (χ3n) is 4.36. The van der Waals surface area contributed by atoms with Crippen molar-refractivity contribution in [3.63, 3.8) is 0 Å². The predicted octanol–water partition coefficient (Wildman–Crippen LogP) is 2.74. The second kappa shape index (κ2) is 8.67. The highest BCUT2D eigenvalue weighted by molar-refractivity contribution is 7.07. The van der Waals surface area contributed by atoms with Crippen molar-refractivity contribution in [2.75, 3.05) is 13.6 Å². The summed E-state index contributed by atoms with van der Waals surface area (Å²) in [4.78, 5) is 18.1. The van der Waals surface area contributed by atoms with E-state index < -0.39 is 0 Å². The van der Waals surface area contributed by atoms with Crippen molar-refractivity contribution in [3.8, 4) is 0 Å². The Balaban J connectivity index is 1.57. The minimum Gasteiger partial charge on any atom is -0.352 e. The van der Waals surface area contributed by atoms with Gasteiger partial charge in [0, 0.05) is 39.6 Å². The normalized spacial score (nSPS) is 14.8. The van der Waals surface area contributed by atoms with Crippen LogP contribution in [0.4, 0.5) is 0 Å². The van der Waals surface area contributed by atoms with Crippen LogP contribution in [0.25, 0.3) is 0 Å². The van der Waals surface area contributed by atoms with E-state index in [4.69, 9.17) is 0 Å². The van der Waals surface area contributed by atoms with Gasteiger partial charge < -0.3 is 15.5 Å². The van der Waals surface area contributed by atoms with Gasteiger partial charge in [-0.3, -0.25) is 9.79 Å². The molecule has 0 aliphatic carbocycles. The first kappa shape index (κ1) is 17.5. The van der Waals surface area contributed by atoms with E-state index >= 15 is 0 Å². The molecule has 0 atom stereocenters. The van der Waals surface area contributed by atoms with Crippen molar-refractivity contribution in [3.05, 3.63) is 57.8 Å². The molecule has 132 valence electrons. The fraction of sp³-hybridized carbons (Fsp3) is 0.368. The molecule has 5 nitrogen and oxygen atoms in total. The van der Waals surface area contributed by atoms with Crippen molar-refractivity contribution >= 4 is 23.2 Å². The van der Waals surface area contributed by atoms with Gasteiger partial charge in [-0.25, -0.2) is 0 Å². The van der Waals surface area contributed by atoms with Crippen molar-refractivity contribution in [2.45, 2.75) is 32.5 Å². The summed E-state index contributed by atoms with van der Waals surface area (Å²) in [6, 6.07) is 10.4. The topological polar surface area (TPSA) is 56.7 Å². The van der Waals surface area contributed by atoms with Gasteiger partial charge in [-0.05, 0) is 39.9 Å². The molecule has 1 aliphatic heterocycles. The zero-order valence-corrected chi connectivity index (χ0v) is 15.3. The number of thiophene rings is 1. The second-order valence-corrected chi connectivity index (χ2v) is 6.88. The van der Waals surface area contributed by atoms with E-state index in [1.165, 1.54) is 16.7 Å². The Bertz CT molecular complexity index is 727. The van der Waals surface area contributed by atoms with Gasteiger partial charge in [0.1, 0.15) is 0 Å². The highest BCUT2D eigenvalue weighted by atomic mass is 32.1. The number of hydrogen-bond acceptors (Lipinski definition) is 3. The molecular weight excluding hydrogens is 332 g/mol. The second-order valence-electron chi connectivity index (χ2n) is 6.10. The highest BCUT2D eigenvalue weighted by Crippen LogP contribution is 2.17. The number of carbonyl (C=O) groups excluding carboxylic acids is 1. The summed E-state index contributed by atoms with van der Waals surface area (Å²) < 4.78 is 0. The minimum atomic E-state index is 0.260. The zero-order valence-electron chi connectivity index (χ0n) is 14.5. The summed E-state index contributed by atoms with van der Waals surface area (Å²) in [6.07, 6.45) is 1.65. The van der Waals surface area contributed by atoms with Gasteiger partial charge in [-0.2, -0.15) is 11.3 Å². The number of likely N-dealkylation sites (tertiary alicyclic amines) is 1. The Labute approximate surface area is 152 Å². The third-order valence-corrected chi connectivity index (χ3v) is 5.09. The average Bonchev–Trinajstić information content (AvgIpc) is 3.29. The van der Waals surface area contributed by atoms with Crippen LogP contribution in [0.3, 0.4) is 0 Å². The van der Waals surface area contributed by atoms with Crippen LogP contribution in [0.2, 0.25) is 0 Å². The van der Waals surface area contributed by atoms with E-state index in [9.17, 15) is 4.79 Å². The van der Waals surface area contributed by atoms with Crippen LogP contribution in [0.5, 0.6) is 0 Å². The molecule has 0 bridgehead atoms. The maximum absolute atomic E-state index is 11.9. The summed E-state index contributed by atoms with van der Waals surface area (Å²) in [7, 11) is 1.78. The quantitative estimate of drug-likeness (QED) is 0.618. The third kappa shape index (κ3) is 4.82. The molecule has 3 rings (SSSR count). The Morgan fingerprint density at radius 1 is 1.20 bits per heavy atom. The molecule has 0 unspecified atom stereocenters. The largest absolute Gasteiger partial charge is 0.352 e. The van der Waals surface area contributed by atoms with Crippen LogP contribution < -0.4 is 10.6 Å². The van der Waals surface area contributed by atoms with E-state index in [0.29, 0.717) is 19.5 Å². The first-order valence-corrected chi connectivity index (χ1v) is 9.50. The first-order valence-electron chi connectivity index (χ1n) is 8.56. The molecule has 1 amide bonds. The van der Waals surface area contributed by atoms with Gasteiger partial charge in [0.15, 0.2) is 5.96 Å². The predicted molar refractivity (Wildman–Crippen MR) is 102 cm³/mol. The summed E-state index contributed by atoms with van der Waals surface area (Å²) in [6.45, 7) is 3.00. The fourth-order valence-corrected chi connectivity index (χ4v) is 3.61. The maximum atomic E-state index is 11.9.